The first-order chi connectivity index (χ1) is 9.47. The van der Waals surface area contributed by atoms with E-state index in [9.17, 15) is 4.79 Å². The van der Waals surface area contributed by atoms with Gasteiger partial charge in [0.25, 0.3) is 5.91 Å². The van der Waals surface area contributed by atoms with Crippen molar-refractivity contribution in [3.05, 3.63) is 29.8 Å². The second-order valence-corrected chi connectivity index (χ2v) is 5.94. The number of nitrogens with one attached hydrogen (secondary N) is 2. The lowest BCUT2D eigenvalue weighted by Crippen LogP contribution is -2.34. The van der Waals surface area contributed by atoms with Gasteiger partial charge >= 0.3 is 0 Å². The topological polar surface area (TPSA) is 41.1 Å². The molecule has 0 unspecified atom stereocenters. The number of para-hydroxylation sites is 1. The van der Waals surface area contributed by atoms with Gasteiger partial charge in [-0.2, -0.15) is 0 Å². The number of hydrogen-bond acceptors (Lipinski definition) is 2. The summed E-state index contributed by atoms with van der Waals surface area (Å²) in [7, 11) is 0. The van der Waals surface area contributed by atoms with Crippen LogP contribution >= 0.6 is 0 Å². The van der Waals surface area contributed by atoms with Gasteiger partial charge in [0.1, 0.15) is 0 Å². The van der Waals surface area contributed by atoms with Crippen molar-refractivity contribution in [2.45, 2.75) is 34.6 Å². The minimum Gasteiger partial charge on any atom is -0.385 e. The lowest BCUT2D eigenvalue weighted by molar-refractivity contribution is 0.0938. The molecule has 0 aliphatic carbocycles. The maximum absolute atomic E-state index is 12.3. The van der Waals surface area contributed by atoms with Crippen LogP contribution in [0.2, 0.25) is 0 Å². The number of benzene rings is 1. The summed E-state index contributed by atoms with van der Waals surface area (Å²) in [6.45, 7) is 12.4. The van der Waals surface area contributed by atoms with Crippen LogP contribution in [0.4, 0.5) is 5.69 Å². The third-order valence-corrected chi connectivity index (χ3v) is 3.75. The average Bonchev–Trinajstić information content (AvgIpc) is 2.39. The van der Waals surface area contributed by atoms with Crippen molar-refractivity contribution in [2.24, 2.45) is 17.8 Å². The Morgan fingerprint density at radius 3 is 2.25 bits per heavy atom. The van der Waals surface area contributed by atoms with Crippen LogP contribution in [-0.2, 0) is 0 Å². The van der Waals surface area contributed by atoms with Crippen LogP contribution in [-0.4, -0.2) is 19.0 Å². The minimum atomic E-state index is 0.00727. The molecule has 2 N–H and O–H groups in total. The Bertz CT molecular complexity index is 419. The van der Waals surface area contributed by atoms with E-state index in [1.165, 1.54) is 0 Å². The van der Waals surface area contributed by atoms with Gasteiger partial charge in [0, 0.05) is 18.8 Å². The highest BCUT2D eigenvalue weighted by Gasteiger charge is 2.19. The fourth-order valence-electron chi connectivity index (χ4n) is 2.57. The van der Waals surface area contributed by atoms with Crippen molar-refractivity contribution in [3.63, 3.8) is 0 Å². The SMILES string of the molecule is CCNc1ccccc1C(=O)NCC(C(C)C)C(C)C. The van der Waals surface area contributed by atoms with Crippen molar-refractivity contribution in [1.29, 1.82) is 0 Å². The molecule has 112 valence electrons. The summed E-state index contributed by atoms with van der Waals surface area (Å²) in [6, 6.07) is 7.66. The van der Waals surface area contributed by atoms with Crippen LogP contribution in [0.25, 0.3) is 0 Å². The van der Waals surface area contributed by atoms with Gasteiger partial charge in [0.05, 0.1) is 5.56 Å². The van der Waals surface area contributed by atoms with Crippen LogP contribution in [0.5, 0.6) is 0 Å². The molecule has 0 heterocycles. The molecule has 1 amide bonds. The normalized spacial score (nSPS) is 11.2. The van der Waals surface area contributed by atoms with Gasteiger partial charge in [-0.1, -0.05) is 39.8 Å². The van der Waals surface area contributed by atoms with Crippen LogP contribution in [0.15, 0.2) is 24.3 Å². The second kappa shape index (κ2) is 7.93. The van der Waals surface area contributed by atoms with Crippen LogP contribution in [0.3, 0.4) is 0 Å². The minimum absolute atomic E-state index is 0.00727. The largest absolute Gasteiger partial charge is 0.385 e. The Kier molecular flexibility index (Phi) is 6.56. The van der Waals surface area contributed by atoms with E-state index in [1.807, 2.05) is 31.2 Å². The van der Waals surface area contributed by atoms with Crippen molar-refractivity contribution < 1.29 is 4.79 Å². The number of carbonyl (C=O) groups excluding carboxylic acids is 1. The van der Waals surface area contributed by atoms with Crippen molar-refractivity contribution in [1.82, 2.24) is 5.32 Å². The number of carbonyl (C=O) groups is 1. The van der Waals surface area contributed by atoms with E-state index in [0.717, 1.165) is 24.3 Å². The molecular weight excluding hydrogens is 248 g/mol. The van der Waals surface area contributed by atoms with Crippen molar-refractivity contribution in [2.75, 3.05) is 18.4 Å². The van der Waals surface area contributed by atoms with Gasteiger partial charge in [-0.15, -0.1) is 0 Å². The highest BCUT2D eigenvalue weighted by molar-refractivity contribution is 5.99. The molecule has 3 heteroatoms. The maximum Gasteiger partial charge on any atom is 0.253 e. The molecule has 0 spiro atoms. The molecule has 0 fully saturated rings. The summed E-state index contributed by atoms with van der Waals surface area (Å²) in [5, 5.41) is 6.31. The van der Waals surface area contributed by atoms with E-state index in [-0.39, 0.29) is 5.91 Å². The zero-order valence-corrected chi connectivity index (χ0v) is 13.4. The molecule has 3 nitrogen and oxygen atoms in total. The van der Waals surface area contributed by atoms with E-state index in [4.69, 9.17) is 0 Å². The van der Waals surface area contributed by atoms with Gasteiger partial charge in [-0.05, 0) is 36.8 Å². The van der Waals surface area contributed by atoms with Crippen LogP contribution in [0, 0.1) is 17.8 Å². The lowest BCUT2D eigenvalue weighted by Gasteiger charge is -2.25. The van der Waals surface area contributed by atoms with Crippen LogP contribution < -0.4 is 10.6 Å². The second-order valence-electron chi connectivity index (χ2n) is 5.94. The number of hydrogen-bond donors (Lipinski definition) is 2. The maximum atomic E-state index is 12.3. The molecule has 0 aliphatic heterocycles. The van der Waals surface area contributed by atoms with Crippen molar-refractivity contribution >= 4 is 11.6 Å². The number of amides is 1. The van der Waals surface area contributed by atoms with E-state index >= 15 is 0 Å². The first kappa shape index (κ1) is 16.5. The van der Waals surface area contributed by atoms with Crippen LogP contribution in [0.1, 0.15) is 45.0 Å². The van der Waals surface area contributed by atoms with Gasteiger partial charge < -0.3 is 10.6 Å². The Morgan fingerprint density at radius 2 is 1.70 bits per heavy atom. The van der Waals surface area contributed by atoms with Crippen molar-refractivity contribution in [3.8, 4) is 0 Å². The fourth-order valence-corrected chi connectivity index (χ4v) is 2.57. The molecule has 1 aromatic carbocycles. The third kappa shape index (κ3) is 4.55. The summed E-state index contributed by atoms with van der Waals surface area (Å²) in [5.74, 6) is 1.65. The summed E-state index contributed by atoms with van der Waals surface area (Å²) in [5.41, 5.74) is 1.62. The first-order valence-electron chi connectivity index (χ1n) is 7.58. The quantitative estimate of drug-likeness (QED) is 0.796. The zero-order chi connectivity index (χ0) is 15.1. The highest BCUT2D eigenvalue weighted by Crippen LogP contribution is 2.20. The number of rotatable bonds is 7. The molecule has 0 aliphatic rings. The average molecular weight is 276 g/mol. The molecular formula is C17H28N2O. The van der Waals surface area contributed by atoms with E-state index in [2.05, 4.69) is 38.3 Å². The van der Waals surface area contributed by atoms with Gasteiger partial charge in [-0.25, -0.2) is 0 Å². The van der Waals surface area contributed by atoms with E-state index in [0.29, 0.717) is 17.8 Å². The summed E-state index contributed by atoms with van der Waals surface area (Å²) >= 11 is 0. The monoisotopic (exact) mass is 276 g/mol. The fraction of sp³-hybridized carbons (Fsp3) is 0.588. The molecule has 20 heavy (non-hydrogen) atoms. The Balaban J connectivity index is 2.71. The smallest absolute Gasteiger partial charge is 0.253 e. The van der Waals surface area contributed by atoms with E-state index in [1.54, 1.807) is 0 Å². The summed E-state index contributed by atoms with van der Waals surface area (Å²) in [6.07, 6.45) is 0. The molecule has 0 atom stereocenters. The van der Waals surface area contributed by atoms with Gasteiger partial charge in [0.2, 0.25) is 0 Å². The predicted octanol–water partition coefficient (Wildman–Crippen LogP) is 3.78. The first-order valence-corrected chi connectivity index (χ1v) is 7.58. The summed E-state index contributed by atoms with van der Waals surface area (Å²) in [4.78, 5) is 12.3. The molecule has 1 aromatic rings. The molecule has 0 saturated heterocycles. The highest BCUT2D eigenvalue weighted by atomic mass is 16.1. The molecule has 0 saturated carbocycles. The number of anilines is 1. The van der Waals surface area contributed by atoms with Gasteiger partial charge in [-0.3, -0.25) is 4.79 Å². The molecule has 0 radical (unpaired) electrons. The third-order valence-electron chi connectivity index (χ3n) is 3.75. The molecule has 0 bridgehead atoms. The summed E-state index contributed by atoms with van der Waals surface area (Å²) < 4.78 is 0. The Labute approximate surface area is 123 Å². The Morgan fingerprint density at radius 1 is 1.10 bits per heavy atom. The predicted molar refractivity (Wildman–Crippen MR) is 86.1 cm³/mol. The standard InChI is InChI=1S/C17H28N2O/c1-6-18-16-10-8-7-9-14(16)17(20)19-11-15(12(2)3)13(4)5/h7-10,12-13,15,18H,6,11H2,1-5H3,(H,19,20). The lowest BCUT2D eigenvalue weighted by atomic mass is 9.85. The van der Waals surface area contributed by atoms with E-state index < -0.39 is 0 Å². The Hall–Kier alpha value is -1.51. The van der Waals surface area contributed by atoms with Gasteiger partial charge in [0.15, 0.2) is 0 Å². The molecule has 0 aromatic heterocycles. The molecule has 1 rings (SSSR count). The zero-order valence-electron chi connectivity index (χ0n) is 13.4.